The van der Waals surface area contributed by atoms with E-state index in [2.05, 4.69) is 0 Å². The van der Waals surface area contributed by atoms with Gasteiger partial charge in [0.2, 0.25) is 0 Å². The smallest absolute Gasteiger partial charge is 0.115 e. The monoisotopic (exact) mass is 218 g/mol. The standard InChI is InChI=1S/C14H18O2/c15-13-3-1-2-12(7-13)14(16)8-10-4-5-11(6-10)9-14/h1-3,7,10-11,15-16H,4-6,8-9H2/t10-,11+,14+. The van der Waals surface area contributed by atoms with Gasteiger partial charge in [0.05, 0.1) is 5.60 Å². The molecule has 2 heteroatoms. The van der Waals surface area contributed by atoms with Crippen LogP contribution in [0.25, 0.3) is 0 Å². The molecule has 2 bridgehead atoms. The summed E-state index contributed by atoms with van der Waals surface area (Å²) in [5.74, 6) is 1.63. The summed E-state index contributed by atoms with van der Waals surface area (Å²) in [6.07, 6.45) is 5.57. The molecule has 16 heavy (non-hydrogen) atoms. The minimum Gasteiger partial charge on any atom is -0.508 e. The third kappa shape index (κ3) is 1.61. The number of hydrogen-bond acceptors (Lipinski definition) is 2. The van der Waals surface area contributed by atoms with Crippen molar-refractivity contribution in [2.24, 2.45) is 11.8 Å². The van der Waals surface area contributed by atoms with Crippen LogP contribution in [0, 0.1) is 11.8 Å². The van der Waals surface area contributed by atoms with Gasteiger partial charge in [0.15, 0.2) is 0 Å². The lowest BCUT2D eigenvalue weighted by atomic mass is 9.74. The third-order valence-corrected chi connectivity index (χ3v) is 4.29. The Morgan fingerprint density at radius 3 is 2.44 bits per heavy atom. The molecule has 2 N–H and O–H groups in total. The minimum absolute atomic E-state index is 0.254. The first kappa shape index (κ1) is 10.2. The Balaban J connectivity index is 1.93. The van der Waals surface area contributed by atoms with Crippen molar-refractivity contribution in [1.29, 1.82) is 0 Å². The van der Waals surface area contributed by atoms with E-state index in [9.17, 15) is 10.2 Å². The van der Waals surface area contributed by atoms with Gasteiger partial charge in [0, 0.05) is 0 Å². The van der Waals surface area contributed by atoms with Gasteiger partial charge in [-0.15, -0.1) is 0 Å². The zero-order valence-electron chi connectivity index (χ0n) is 9.39. The molecule has 1 aromatic rings. The van der Waals surface area contributed by atoms with Crippen LogP contribution in [-0.2, 0) is 5.60 Å². The van der Waals surface area contributed by atoms with Gasteiger partial charge in [-0.1, -0.05) is 25.0 Å². The zero-order chi connectivity index (χ0) is 11.2. The minimum atomic E-state index is -0.692. The maximum absolute atomic E-state index is 10.7. The Morgan fingerprint density at radius 2 is 1.81 bits per heavy atom. The average Bonchev–Trinajstić information content (AvgIpc) is 2.59. The molecule has 0 spiro atoms. The number of hydrogen-bond donors (Lipinski definition) is 2. The molecule has 0 radical (unpaired) electrons. The van der Waals surface area contributed by atoms with Gasteiger partial charge in [-0.3, -0.25) is 0 Å². The molecule has 1 aromatic carbocycles. The first-order valence-electron chi connectivity index (χ1n) is 6.18. The molecule has 0 saturated heterocycles. The van der Waals surface area contributed by atoms with E-state index in [0.29, 0.717) is 11.8 Å². The molecule has 0 unspecified atom stereocenters. The quantitative estimate of drug-likeness (QED) is 0.761. The summed E-state index contributed by atoms with van der Waals surface area (Å²) in [5.41, 5.74) is 0.201. The Kier molecular flexibility index (Phi) is 2.21. The molecule has 2 aliphatic rings. The molecule has 2 aliphatic carbocycles. The van der Waals surface area contributed by atoms with Crippen LogP contribution in [0.15, 0.2) is 24.3 Å². The summed E-state index contributed by atoms with van der Waals surface area (Å²) >= 11 is 0. The first-order valence-corrected chi connectivity index (χ1v) is 6.18. The van der Waals surface area contributed by atoms with E-state index in [4.69, 9.17) is 0 Å². The van der Waals surface area contributed by atoms with Crippen molar-refractivity contribution in [1.82, 2.24) is 0 Å². The average molecular weight is 218 g/mol. The summed E-state index contributed by atoms with van der Waals surface area (Å²) in [7, 11) is 0. The van der Waals surface area contributed by atoms with Crippen LogP contribution in [0.2, 0.25) is 0 Å². The number of phenolic OH excluding ortho intramolecular Hbond substituents is 1. The fraction of sp³-hybridized carbons (Fsp3) is 0.571. The maximum atomic E-state index is 10.7. The van der Waals surface area contributed by atoms with Gasteiger partial charge < -0.3 is 10.2 Å². The predicted octanol–water partition coefficient (Wildman–Crippen LogP) is 2.79. The van der Waals surface area contributed by atoms with Crippen LogP contribution in [0.5, 0.6) is 5.75 Å². The van der Waals surface area contributed by atoms with Gasteiger partial charge in [-0.25, -0.2) is 0 Å². The summed E-state index contributed by atoms with van der Waals surface area (Å²) in [4.78, 5) is 0. The van der Waals surface area contributed by atoms with E-state index < -0.39 is 5.60 Å². The lowest BCUT2D eigenvalue weighted by Gasteiger charge is -2.36. The van der Waals surface area contributed by atoms with Crippen LogP contribution in [0.3, 0.4) is 0 Å². The fourth-order valence-electron chi connectivity index (χ4n) is 3.62. The van der Waals surface area contributed by atoms with E-state index in [1.54, 1.807) is 12.1 Å². The van der Waals surface area contributed by atoms with E-state index in [1.165, 1.54) is 19.3 Å². The Bertz CT molecular complexity index is 387. The number of aliphatic hydroxyl groups is 1. The highest BCUT2D eigenvalue weighted by Gasteiger charge is 2.43. The normalized spacial score (nSPS) is 37.6. The van der Waals surface area contributed by atoms with Crippen LogP contribution in [-0.4, -0.2) is 10.2 Å². The van der Waals surface area contributed by atoms with E-state index >= 15 is 0 Å². The SMILES string of the molecule is Oc1cccc([C@]2(O)C[C@@H]3CC[C@@H](C3)C2)c1. The summed E-state index contributed by atoms with van der Waals surface area (Å²) in [6, 6.07) is 7.12. The molecule has 0 amide bonds. The highest BCUT2D eigenvalue weighted by molar-refractivity contribution is 5.32. The van der Waals surface area contributed by atoms with Crippen molar-refractivity contribution >= 4 is 0 Å². The first-order chi connectivity index (χ1) is 7.66. The Morgan fingerprint density at radius 1 is 1.12 bits per heavy atom. The fourth-order valence-corrected chi connectivity index (χ4v) is 3.62. The van der Waals surface area contributed by atoms with E-state index in [0.717, 1.165) is 18.4 Å². The van der Waals surface area contributed by atoms with Gasteiger partial charge in [0.1, 0.15) is 5.75 Å². The van der Waals surface area contributed by atoms with Crippen molar-refractivity contribution in [2.45, 2.75) is 37.7 Å². The maximum Gasteiger partial charge on any atom is 0.115 e. The Labute approximate surface area is 95.9 Å². The molecule has 2 saturated carbocycles. The lowest BCUT2D eigenvalue weighted by Crippen LogP contribution is -2.33. The molecule has 2 fully saturated rings. The molecule has 3 atom stereocenters. The molecular weight excluding hydrogens is 200 g/mol. The number of aromatic hydroxyl groups is 1. The van der Waals surface area contributed by atoms with Gasteiger partial charge >= 0.3 is 0 Å². The molecule has 3 rings (SSSR count). The molecule has 0 heterocycles. The molecular formula is C14H18O2. The summed E-state index contributed by atoms with van der Waals surface area (Å²) < 4.78 is 0. The van der Waals surface area contributed by atoms with Crippen LogP contribution in [0.1, 0.15) is 37.7 Å². The third-order valence-electron chi connectivity index (χ3n) is 4.29. The second-order valence-corrected chi connectivity index (χ2v) is 5.54. The molecule has 2 nitrogen and oxygen atoms in total. The van der Waals surface area contributed by atoms with E-state index in [-0.39, 0.29) is 5.75 Å². The van der Waals surface area contributed by atoms with Crippen molar-refractivity contribution in [3.63, 3.8) is 0 Å². The van der Waals surface area contributed by atoms with E-state index in [1.807, 2.05) is 12.1 Å². The zero-order valence-corrected chi connectivity index (χ0v) is 9.39. The molecule has 0 aliphatic heterocycles. The summed E-state index contributed by atoms with van der Waals surface area (Å²) in [5, 5.41) is 20.2. The topological polar surface area (TPSA) is 40.5 Å². The largest absolute Gasteiger partial charge is 0.508 e. The lowest BCUT2D eigenvalue weighted by molar-refractivity contribution is -0.0256. The second-order valence-electron chi connectivity index (χ2n) is 5.54. The predicted molar refractivity (Wildman–Crippen MR) is 62.1 cm³/mol. The number of benzene rings is 1. The highest BCUT2D eigenvalue weighted by atomic mass is 16.3. The van der Waals surface area contributed by atoms with Gasteiger partial charge in [-0.05, 0) is 48.8 Å². The number of fused-ring (bicyclic) bond motifs is 2. The van der Waals surface area contributed by atoms with Crippen molar-refractivity contribution < 1.29 is 10.2 Å². The van der Waals surface area contributed by atoms with Crippen LogP contribution >= 0.6 is 0 Å². The van der Waals surface area contributed by atoms with Crippen LogP contribution < -0.4 is 0 Å². The summed E-state index contributed by atoms with van der Waals surface area (Å²) in [6.45, 7) is 0. The number of phenols is 1. The van der Waals surface area contributed by atoms with Crippen molar-refractivity contribution in [3.05, 3.63) is 29.8 Å². The molecule has 86 valence electrons. The molecule has 0 aromatic heterocycles. The second kappa shape index (κ2) is 3.49. The van der Waals surface area contributed by atoms with Gasteiger partial charge in [0.25, 0.3) is 0 Å². The van der Waals surface area contributed by atoms with Gasteiger partial charge in [-0.2, -0.15) is 0 Å². The van der Waals surface area contributed by atoms with Crippen molar-refractivity contribution in [2.75, 3.05) is 0 Å². The van der Waals surface area contributed by atoms with Crippen molar-refractivity contribution in [3.8, 4) is 5.75 Å². The highest BCUT2D eigenvalue weighted by Crippen LogP contribution is 2.50. The number of rotatable bonds is 1. The van der Waals surface area contributed by atoms with Crippen LogP contribution in [0.4, 0.5) is 0 Å². The Hall–Kier alpha value is -1.02.